The van der Waals surface area contributed by atoms with E-state index in [4.69, 9.17) is 0 Å². The number of Topliss-reactive ketones (excluding diaryl/α,β-unsaturated/α-hetero) is 1. The van der Waals surface area contributed by atoms with Crippen molar-refractivity contribution in [2.45, 2.75) is 65.3 Å². The van der Waals surface area contributed by atoms with Crippen LogP contribution >= 0.6 is 0 Å². The molecule has 0 unspecified atom stereocenters. The molecule has 0 spiro atoms. The number of aromatic nitrogens is 6. The molecule has 0 saturated heterocycles. The Hall–Kier alpha value is -2.55. The van der Waals surface area contributed by atoms with Gasteiger partial charge in [0.2, 0.25) is 11.8 Å². The largest absolute Gasteiger partial charge is 0.446 e. The Morgan fingerprint density at radius 1 is 0.780 bits per heavy atom. The molecule has 12 nitrogen and oxygen atoms in total. The van der Waals surface area contributed by atoms with Crippen molar-refractivity contribution >= 4 is 17.6 Å². The number of aromatic amines is 2. The average molecular weight is 673 g/mol. The van der Waals surface area contributed by atoms with Crippen LogP contribution in [0.2, 0.25) is 0 Å². The number of likely N-dealkylation sites (N-methyl/N-ethyl adjacent to an activating group) is 1. The van der Waals surface area contributed by atoms with Gasteiger partial charge in [-0.25, -0.2) is 9.97 Å². The summed E-state index contributed by atoms with van der Waals surface area (Å²) in [7, 11) is 5.10. The Balaban J connectivity index is 0. The van der Waals surface area contributed by atoms with E-state index in [-0.39, 0.29) is 74.4 Å². The fraction of sp³-hybridized carbons (Fsp3) is 0.556. The molecule has 220 valence electrons. The molecule has 3 aromatic heterocycles. The van der Waals surface area contributed by atoms with E-state index in [0.717, 1.165) is 30.3 Å². The van der Waals surface area contributed by atoms with E-state index >= 15 is 0 Å². The first-order valence-electron chi connectivity index (χ1n) is 13.3. The maximum Gasteiger partial charge on any atom is 0.223 e. The van der Waals surface area contributed by atoms with Gasteiger partial charge in [0.25, 0.3) is 0 Å². The van der Waals surface area contributed by atoms with Crippen molar-refractivity contribution in [2.24, 2.45) is 11.8 Å². The third kappa shape index (κ3) is 15.9. The van der Waals surface area contributed by atoms with Crippen molar-refractivity contribution in [3.63, 3.8) is 0 Å². The Bertz CT molecular complexity index is 913. The summed E-state index contributed by atoms with van der Waals surface area (Å²) in [5.41, 5.74) is 0. The Labute approximate surface area is 268 Å². The summed E-state index contributed by atoms with van der Waals surface area (Å²) in [6, 6.07) is -0.146. The number of imidazole rings is 3. The molecule has 0 bridgehead atoms. The first kappa shape index (κ1) is 40.6. The molecular formula is C27H44N9O3Zn2-. The van der Waals surface area contributed by atoms with Crippen LogP contribution in [0.25, 0.3) is 0 Å². The Kier molecular flexibility index (Phi) is 23.8. The number of H-pyrrole nitrogens is 2. The summed E-state index contributed by atoms with van der Waals surface area (Å²) >= 11 is 0. The van der Waals surface area contributed by atoms with Gasteiger partial charge in [-0.15, -0.1) is 0 Å². The second kappa shape index (κ2) is 24.1. The van der Waals surface area contributed by atoms with Crippen molar-refractivity contribution in [3.05, 3.63) is 54.7 Å². The minimum Gasteiger partial charge on any atom is -0.446 e. The maximum atomic E-state index is 11.4. The van der Waals surface area contributed by atoms with Crippen LogP contribution in [-0.4, -0.2) is 69.7 Å². The van der Waals surface area contributed by atoms with Gasteiger partial charge >= 0.3 is 0 Å². The summed E-state index contributed by atoms with van der Waals surface area (Å²) < 4.78 is 0. The zero-order valence-corrected chi connectivity index (χ0v) is 31.3. The number of hydrogen-bond donors (Lipinski definition) is 5. The molecular weight excluding hydrogens is 629 g/mol. The van der Waals surface area contributed by atoms with Gasteiger partial charge < -0.3 is 35.9 Å². The summed E-state index contributed by atoms with van der Waals surface area (Å²) in [5, 5.41) is 8.26. The molecule has 0 aromatic carbocycles. The van der Waals surface area contributed by atoms with Crippen molar-refractivity contribution < 1.29 is 53.3 Å². The SMILES string of the molecule is CCC(=O)[C@H](Cc1ncc[n-]1)NC.CC[C@@H](Cc1ncc[nH]1)C(=O)NC.CC[C@@H](Cc1ncc[nH]1)C(=O)NC.[Zn].[Zn]. The van der Waals surface area contributed by atoms with E-state index in [0.29, 0.717) is 25.7 Å². The van der Waals surface area contributed by atoms with E-state index in [1.54, 1.807) is 58.3 Å². The molecule has 0 fully saturated rings. The van der Waals surface area contributed by atoms with Crippen LogP contribution in [0.3, 0.4) is 0 Å². The quantitative estimate of drug-likeness (QED) is 0.170. The second-order valence-corrected chi connectivity index (χ2v) is 8.76. The molecule has 0 saturated carbocycles. The molecule has 0 aliphatic rings. The topological polar surface area (TPSA) is 172 Å². The first-order valence-corrected chi connectivity index (χ1v) is 13.3. The van der Waals surface area contributed by atoms with Gasteiger partial charge in [-0.05, 0) is 26.3 Å². The molecule has 0 radical (unpaired) electrons. The minimum atomic E-state index is -0.146. The fourth-order valence-corrected chi connectivity index (χ4v) is 3.72. The van der Waals surface area contributed by atoms with Crippen molar-refractivity contribution in [3.8, 4) is 0 Å². The molecule has 2 amide bonds. The number of carbonyl (C=O) groups is 3. The molecule has 41 heavy (non-hydrogen) atoms. The van der Waals surface area contributed by atoms with Crippen LogP contribution < -0.4 is 20.9 Å². The maximum absolute atomic E-state index is 11.4. The van der Waals surface area contributed by atoms with Gasteiger partial charge in [0.05, 0.1) is 6.04 Å². The van der Waals surface area contributed by atoms with Crippen LogP contribution in [0.5, 0.6) is 0 Å². The zero-order chi connectivity index (χ0) is 29.0. The predicted molar refractivity (Wildman–Crippen MR) is 150 cm³/mol. The Morgan fingerprint density at radius 3 is 1.56 bits per heavy atom. The fourth-order valence-electron chi connectivity index (χ4n) is 3.72. The van der Waals surface area contributed by atoms with Gasteiger partial charge in [-0.2, -0.15) is 0 Å². The van der Waals surface area contributed by atoms with E-state index < -0.39 is 0 Å². The normalized spacial score (nSPS) is 12.0. The van der Waals surface area contributed by atoms with Crippen LogP contribution in [0.1, 0.15) is 57.5 Å². The van der Waals surface area contributed by atoms with E-state index in [9.17, 15) is 14.4 Å². The number of nitrogens with zero attached hydrogens (tertiary/aromatic N) is 4. The summed E-state index contributed by atoms with van der Waals surface area (Å²) in [6.45, 7) is 5.87. The van der Waals surface area contributed by atoms with E-state index in [1.807, 2.05) is 20.8 Å². The van der Waals surface area contributed by atoms with Crippen molar-refractivity contribution in [2.75, 3.05) is 21.1 Å². The predicted octanol–water partition coefficient (Wildman–Crippen LogP) is 1.59. The van der Waals surface area contributed by atoms with Gasteiger partial charge in [0.1, 0.15) is 17.4 Å². The third-order valence-electron chi connectivity index (χ3n) is 6.20. The molecule has 0 aliphatic heterocycles. The number of ketones is 1. The molecule has 14 heteroatoms. The number of rotatable bonds is 13. The summed E-state index contributed by atoms with van der Waals surface area (Å²) in [5.74, 6) is 2.88. The average Bonchev–Trinajstić information content (AvgIpc) is 3.77. The number of carbonyl (C=O) groups excluding carboxylic acids is 3. The first-order chi connectivity index (χ1) is 18.8. The van der Waals surface area contributed by atoms with Gasteiger partial charge in [0, 0.05) is 109 Å². The molecule has 3 rings (SSSR count). The molecule has 5 N–H and O–H groups in total. The third-order valence-corrected chi connectivity index (χ3v) is 6.20. The summed E-state index contributed by atoms with van der Waals surface area (Å²) in [4.78, 5) is 56.2. The van der Waals surface area contributed by atoms with Crippen LogP contribution in [0.15, 0.2) is 37.2 Å². The monoisotopic (exact) mass is 670 g/mol. The smallest absolute Gasteiger partial charge is 0.223 e. The standard InChI is InChI=1S/C9H14N3O.2C9H15N3O.2Zn/c1-3-8(13)7(10-2)6-9-11-4-5-12-9;2*1-3-7(9(13)10-2)6-8-11-4-5-12-8;;/h4-5,7,10H,3,6H2,1-2H3;2*4-5,7H,3,6H2,1-2H3,(H,10,13)(H,11,12);;/q-1;;;;/t3*7-;;/m000../s1. The van der Waals surface area contributed by atoms with Crippen LogP contribution in [-0.2, 0) is 72.6 Å². The molecule has 3 atom stereocenters. The van der Waals surface area contributed by atoms with Crippen molar-refractivity contribution in [1.82, 2.24) is 45.9 Å². The number of amides is 2. The molecule has 0 aliphatic carbocycles. The number of hydrogen-bond acceptors (Lipinski definition) is 7. The zero-order valence-electron chi connectivity index (χ0n) is 25.4. The van der Waals surface area contributed by atoms with Gasteiger partial charge in [-0.3, -0.25) is 14.4 Å². The second-order valence-electron chi connectivity index (χ2n) is 8.76. The molecule has 3 aromatic rings. The van der Waals surface area contributed by atoms with Crippen LogP contribution in [0.4, 0.5) is 0 Å². The minimum absolute atomic E-state index is 0. The van der Waals surface area contributed by atoms with E-state index in [2.05, 4.69) is 45.9 Å². The Morgan fingerprint density at radius 2 is 1.27 bits per heavy atom. The van der Waals surface area contributed by atoms with Crippen molar-refractivity contribution in [1.29, 1.82) is 0 Å². The van der Waals surface area contributed by atoms with Crippen LogP contribution in [0, 0.1) is 11.8 Å². The number of nitrogens with one attached hydrogen (secondary N) is 5. The molecule has 3 heterocycles. The van der Waals surface area contributed by atoms with Gasteiger partial charge in [-0.1, -0.05) is 39.0 Å². The van der Waals surface area contributed by atoms with E-state index in [1.165, 1.54) is 0 Å². The summed E-state index contributed by atoms with van der Waals surface area (Å²) in [6.07, 6.45) is 14.4. The van der Waals surface area contributed by atoms with Gasteiger partial charge in [0.15, 0.2) is 0 Å².